The maximum Gasteiger partial charge on any atom is 0.485 e. The van der Waals surface area contributed by atoms with Crippen LogP contribution in [0.1, 0.15) is 0 Å². The van der Waals surface area contributed by atoms with Gasteiger partial charge in [-0.25, -0.2) is 0 Å². The molecule has 0 aliphatic carbocycles. The smallest absolute Gasteiger partial charge is 0.394 e. The van der Waals surface area contributed by atoms with E-state index >= 15 is 0 Å². The third-order valence-electron chi connectivity index (χ3n) is 2.28. The van der Waals surface area contributed by atoms with Gasteiger partial charge in [0.25, 0.3) is 5.69 Å². The minimum atomic E-state index is -4.91. The van der Waals surface area contributed by atoms with E-state index in [1.807, 2.05) is 0 Å². The molecule has 19 heavy (non-hydrogen) atoms. The highest BCUT2D eigenvalue weighted by Gasteiger charge is 2.41. The van der Waals surface area contributed by atoms with E-state index in [4.69, 9.17) is 10.2 Å². The van der Waals surface area contributed by atoms with Crippen LogP contribution >= 0.6 is 0 Å². The average molecular weight is 280 g/mol. The molecule has 6 nitrogen and oxygen atoms in total. The second kappa shape index (κ2) is 5.85. The maximum atomic E-state index is 12.9. The number of anilines is 1. The first-order chi connectivity index (χ1) is 8.77. The molecule has 1 aromatic rings. The summed E-state index contributed by atoms with van der Waals surface area (Å²) in [6.45, 7) is -1.88. The van der Waals surface area contributed by atoms with E-state index in [-0.39, 0.29) is 4.90 Å². The zero-order chi connectivity index (χ0) is 14.6. The predicted octanol–water partition coefficient (Wildman–Crippen LogP) is 1.27. The van der Waals surface area contributed by atoms with Crippen LogP contribution in [0.3, 0.4) is 0 Å². The van der Waals surface area contributed by atoms with Crippen molar-refractivity contribution in [3.8, 4) is 0 Å². The fourth-order valence-corrected chi connectivity index (χ4v) is 1.45. The Balaban J connectivity index is 3.22. The van der Waals surface area contributed by atoms with Crippen molar-refractivity contribution in [2.75, 3.05) is 18.1 Å². The number of benzene rings is 1. The van der Waals surface area contributed by atoms with Crippen LogP contribution in [0.25, 0.3) is 0 Å². The second-order valence-electron chi connectivity index (χ2n) is 3.66. The van der Waals surface area contributed by atoms with Gasteiger partial charge in [-0.05, 0) is 6.07 Å². The summed E-state index contributed by atoms with van der Waals surface area (Å²) in [7, 11) is 0. The van der Waals surface area contributed by atoms with Gasteiger partial charge in [0.2, 0.25) is 0 Å². The molecule has 0 heterocycles. The summed E-state index contributed by atoms with van der Waals surface area (Å²) in [5, 5.41) is 28.4. The number of nitrogens with zero attached hydrogens (tertiary/aromatic N) is 2. The van der Waals surface area contributed by atoms with Gasteiger partial charge >= 0.3 is 6.30 Å². The summed E-state index contributed by atoms with van der Waals surface area (Å²) in [4.78, 5) is 9.49. The molecule has 1 atom stereocenters. The van der Waals surface area contributed by atoms with Gasteiger partial charge in [0, 0.05) is 6.07 Å². The van der Waals surface area contributed by atoms with Gasteiger partial charge in [0.15, 0.2) is 0 Å². The number of aliphatic hydroxyl groups excluding tert-OH is 2. The highest BCUT2D eigenvalue weighted by atomic mass is 19.4. The summed E-state index contributed by atoms with van der Waals surface area (Å²) in [6.07, 6.45) is -6.58. The summed E-state index contributed by atoms with van der Waals surface area (Å²) in [5.74, 6) is 0. The number of aliphatic hydroxyl groups is 2. The van der Waals surface area contributed by atoms with Crippen molar-refractivity contribution in [2.24, 2.45) is 0 Å². The van der Waals surface area contributed by atoms with Gasteiger partial charge in [0.05, 0.1) is 24.2 Å². The molecule has 0 saturated heterocycles. The lowest BCUT2D eigenvalue weighted by Gasteiger charge is -2.28. The molecule has 9 heteroatoms. The molecule has 1 unspecified atom stereocenters. The first kappa shape index (κ1) is 15.2. The molecule has 0 fully saturated rings. The SMILES string of the molecule is O=[N+]([O-])c1ccccc1N(CC(O)CO)C(F)(F)F. The molecule has 0 aliphatic rings. The van der Waals surface area contributed by atoms with E-state index < -0.39 is 41.9 Å². The molecule has 0 saturated carbocycles. The van der Waals surface area contributed by atoms with Gasteiger partial charge in [0.1, 0.15) is 5.69 Å². The van der Waals surface area contributed by atoms with Crippen LogP contribution in [0.5, 0.6) is 0 Å². The van der Waals surface area contributed by atoms with Crippen LogP contribution < -0.4 is 4.90 Å². The monoisotopic (exact) mass is 280 g/mol. The molecule has 0 aliphatic heterocycles. The Labute approximate surface area is 105 Å². The number of halogens is 3. The van der Waals surface area contributed by atoms with Crippen molar-refractivity contribution in [1.82, 2.24) is 0 Å². The number of hydrogen-bond donors (Lipinski definition) is 2. The molecular weight excluding hydrogens is 269 g/mol. The lowest BCUT2D eigenvalue weighted by atomic mass is 10.2. The van der Waals surface area contributed by atoms with E-state index in [1.54, 1.807) is 0 Å². The normalized spacial score (nSPS) is 13.1. The minimum Gasteiger partial charge on any atom is -0.394 e. The van der Waals surface area contributed by atoms with Gasteiger partial charge in [-0.3, -0.25) is 15.0 Å². The van der Waals surface area contributed by atoms with Gasteiger partial charge in [-0.1, -0.05) is 12.1 Å². The standard InChI is InChI=1S/C10H11F3N2O4/c11-10(12,13)14(5-7(17)6-16)8-3-1-2-4-9(8)15(18)19/h1-4,7,16-17H,5-6H2. The van der Waals surface area contributed by atoms with E-state index in [0.717, 1.165) is 12.1 Å². The molecule has 2 N–H and O–H groups in total. The maximum absolute atomic E-state index is 12.9. The van der Waals surface area contributed by atoms with Gasteiger partial charge < -0.3 is 10.2 Å². The fraction of sp³-hybridized carbons (Fsp3) is 0.400. The number of alkyl halides is 3. The van der Waals surface area contributed by atoms with Crippen LogP contribution in [0.4, 0.5) is 24.5 Å². The third kappa shape index (κ3) is 3.80. The van der Waals surface area contributed by atoms with Gasteiger partial charge in [-0.2, -0.15) is 13.2 Å². The third-order valence-corrected chi connectivity index (χ3v) is 2.28. The Bertz CT molecular complexity index is 453. The summed E-state index contributed by atoms with van der Waals surface area (Å²) >= 11 is 0. The zero-order valence-electron chi connectivity index (χ0n) is 9.54. The van der Waals surface area contributed by atoms with Crippen molar-refractivity contribution in [2.45, 2.75) is 12.4 Å². The largest absolute Gasteiger partial charge is 0.485 e. The average Bonchev–Trinajstić information content (AvgIpc) is 2.34. The number of rotatable bonds is 5. The van der Waals surface area contributed by atoms with Crippen LogP contribution in [0, 0.1) is 10.1 Å². The van der Waals surface area contributed by atoms with E-state index in [1.165, 1.54) is 12.1 Å². The number of para-hydroxylation sites is 2. The quantitative estimate of drug-likeness (QED) is 0.482. The Morgan fingerprint density at radius 1 is 1.37 bits per heavy atom. The summed E-state index contributed by atoms with van der Waals surface area (Å²) < 4.78 is 38.6. The van der Waals surface area contributed by atoms with E-state index in [9.17, 15) is 23.3 Å². The van der Waals surface area contributed by atoms with E-state index in [0.29, 0.717) is 0 Å². The zero-order valence-corrected chi connectivity index (χ0v) is 9.54. The Morgan fingerprint density at radius 3 is 2.42 bits per heavy atom. The molecule has 0 aromatic heterocycles. The molecule has 0 bridgehead atoms. The van der Waals surface area contributed by atoms with Crippen molar-refractivity contribution in [3.63, 3.8) is 0 Å². The highest BCUT2D eigenvalue weighted by Crippen LogP contribution is 2.35. The number of hydrogen-bond acceptors (Lipinski definition) is 5. The predicted molar refractivity (Wildman–Crippen MR) is 59.6 cm³/mol. The fourth-order valence-electron chi connectivity index (χ4n) is 1.45. The Morgan fingerprint density at radius 2 is 1.95 bits per heavy atom. The molecular formula is C10H11F3N2O4. The number of nitro benzene ring substituents is 1. The minimum absolute atomic E-state index is 0.272. The van der Waals surface area contributed by atoms with Crippen molar-refractivity contribution >= 4 is 11.4 Å². The first-order valence-electron chi connectivity index (χ1n) is 5.14. The molecule has 0 spiro atoms. The van der Waals surface area contributed by atoms with Crippen LogP contribution in [-0.4, -0.2) is 40.7 Å². The highest BCUT2D eigenvalue weighted by molar-refractivity contribution is 5.63. The summed E-state index contributed by atoms with van der Waals surface area (Å²) in [5.41, 5.74) is -1.42. The van der Waals surface area contributed by atoms with Crippen LogP contribution in [-0.2, 0) is 0 Å². The lowest BCUT2D eigenvalue weighted by molar-refractivity contribution is -0.384. The molecule has 1 rings (SSSR count). The second-order valence-corrected chi connectivity index (χ2v) is 3.66. The molecule has 0 radical (unpaired) electrons. The first-order valence-corrected chi connectivity index (χ1v) is 5.14. The topological polar surface area (TPSA) is 86.8 Å². The Hall–Kier alpha value is -1.87. The summed E-state index contributed by atoms with van der Waals surface area (Å²) in [6, 6.07) is 4.31. The number of nitro groups is 1. The molecule has 106 valence electrons. The van der Waals surface area contributed by atoms with Crippen molar-refractivity contribution < 1.29 is 28.3 Å². The van der Waals surface area contributed by atoms with Crippen molar-refractivity contribution in [1.29, 1.82) is 0 Å². The van der Waals surface area contributed by atoms with Crippen molar-refractivity contribution in [3.05, 3.63) is 34.4 Å². The van der Waals surface area contributed by atoms with Gasteiger partial charge in [-0.15, -0.1) is 0 Å². The van der Waals surface area contributed by atoms with E-state index in [2.05, 4.69) is 0 Å². The molecule has 1 aromatic carbocycles. The van der Waals surface area contributed by atoms with Crippen LogP contribution in [0.2, 0.25) is 0 Å². The molecule has 0 amide bonds. The lowest BCUT2D eigenvalue weighted by Crippen LogP contribution is -2.44. The van der Waals surface area contributed by atoms with Crippen LogP contribution in [0.15, 0.2) is 24.3 Å². The Kier molecular flexibility index (Phi) is 4.67.